The van der Waals surface area contributed by atoms with Crippen LogP contribution in [0.15, 0.2) is 42.5 Å². The fraction of sp³-hybridized carbons (Fsp3) is 0.118. The average Bonchev–Trinajstić information content (AvgIpc) is 2.45. The highest BCUT2D eigenvalue weighted by atomic mass is 19.1. The van der Waals surface area contributed by atoms with Crippen molar-refractivity contribution < 1.29 is 13.2 Å². The number of nitrogens with zero attached hydrogens (tertiary/aromatic N) is 1. The minimum Gasteiger partial charge on any atom is -0.244 e. The number of hydrogen-bond donors (Lipinski definition) is 0. The molecular formula is C17H12F3N. The summed E-state index contributed by atoms with van der Waals surface area (Å²) in [5.41, 5.74) is 1.75. The number of aromatic nitrogens is 1. The summed E-state index contributed by atoms with van der Waals surface area (Å²) in [6, 6.07) is 9.71. The molecule has 0 aliphatic carbocycles. The number of rotatable bonds is 2. The van der Waals surface area contributed by atoms with Crippen LogP contribution < -0.4 is 0 Å². The fourth-order valence-corrected chi connectivity index (χ4v) is 2.42. The van der Waals surface area contributed by atoms with E-state index in [1.54, 1.807) is 12.1 Å². The van der Waals surface area contributed by atoms with Gasteiger partial charge in [0.05, 0.1) is 5.69 Å². The maximum atomic E-state index is 13.9. The predicted molar refractivity (Wildman–Crippen MR) is 76.4 cm³/mol. The van der Waals surface area contributed by atoms with E-state index in [-0.39, 0.29) is 5.52 Å². The van der Waals surface area contributed by atoms with Crippen molar-refractivity contribution in [2.75, 3.05) is 0 Å². The monoisotopic (exact) mass is 287 g/mol. The SMILES string of the molecule is CCc1cc2cccc(F)c2nc1-c1cc(F)cc(F)c1. The first-order valence-corrected chi connectivity index (χ1v) is 6.63. The fourth-order valence-electron chi connectivity index (χ4n) is 2.42. The second-order valence-electron chi connectivity index (χ2n) is 4.82. The Balaban J connectivity index is 2.32. The van der Waals surface area contributed by atoms with Crippen LogP contribution in [0.2, 0.25) is 0 Å². The van der Waals surface area contributed by atoms with E-state index in [2.05, 4.69) is 4.98 Å². The number of aryl methyl sites for hydroxylation is 1. The topological polar surface area (TPSA) is 12.9 Å². The highest BCUT2D eigenvalue weighted by Gasteiger charge is 2.12. The van der Waals surface area contributed by atoms with Gasteiger partial charge in [0.25, 0.3) is 0 Å². The number of halogens is 3. The van der Waals surface area contributed by atoms with Crippen LogP contribution in [0.1, 0.15) is 12.5 Å². The van der Waals surface area contributed by atoms with E-state index in [1.165, 1.54) is 18.2 Å². The predicted octanol–water partition coefficient (Wildman–Crippen LogP) is 4.88. The molecule has 0 bridgehead atoms. The molecular weight excluding hydrogens is 275 g/mol. The quantitative estimate of drug-likeness (QED) is 0.654. The Hall–Kier alpha value is -2.36. The molecule has 0 spiro atoms. The van der Waals surface area contributed by atoms with Crippen LogP contribution in [0, 0.1) is 17.5 Å². The Kier molecular flexibility index (Phi) is 3.37. The highest BCUT2D eigenvalue weighted by molar-refractivity contribution is 5.83. The molecule has 106 valence electrons. The van der Waals surface area contributed by atoms with Gasteiger partial charge in [0.1, 0.15) is 23.0 Å². The molecule has 0 aliphatic rings. The summed E-state index contributed by atoms with van der Waals surface area (Å²) in [6.07, 6.45) is 0.632. The van der Waals surface area contributed by atoms with Crippen LogP contribution in [0.5, 0.6) is 0 Å². The lowest BCUT2D eigenvalue weighted by Crippen LogP contribution is -1.96. The van der Waals surface area contributed by atoms with Gasteiger partial charge >= 0.3 is 0 Å². The molecule has 1 heterocycles. The number of pyridine rings is 1. The second-order valence-corrected chi connectivity index (χ2v) is 4.82. The Morgan fingerprint density at radius 3 is 2.33 bits per heavy atom. The molecule has 4 heteroatoms. The summed E-state index contributed by atoms with van der Waals surface area (Å²) in [7, 11) is 0. The zero-order valence-electron chi connectivity index (χ0n) is 11.3. The van der Waals surface area contributed by atoms with Gasteiger partial charge in [-0.3, -0.25) is 0 Å². The van der Waals surface area contributed by atoms with Crippen LogP contribution in [0.4, 0.5) is 13.2 Å². The summed E-state index contributed by atoms with van der Waals surface area (Å²) in [5.74, 6) is -1.81. The molecule has 3 aromatic rings. The molecule has 1 nitrogen and oxygen atoms in total. The zero-order chi connectivity index (χ0) is 15.0. The lowest BCUT2D eigenvalue weighted by atomic mass is 10.0. The van der Waals surface area contributed by atoms with E-state index in [9.17, 15) is 13.2 Å². The number of benzene rings is 2. The average molecular weight is 287 g/mol. The van der Waals surface area contributed by atoms with Gasteiger partial charge < -0.3 is 0 Å². The minimum absolute atomic E-state index is 0.203. The largest absolute Gasteiger partial charge is 0.244 e. The maximum Gasteiger partial charge on any atom is 0.149 e. The summed E-state index contributed by atoms with van der Waals surface area (Å²) < 4.78 is 40.7. The van der Waals surface area contributed by atoms with Crippen LogP contribution in [0.3, 0.4) is 0 Å². The third-order valence-corrected chi connectivity index (χ3v) is 3.39. The molecule has 1 aromatic heterocycles. The van der Waals surface area contributed by atoms with E-state index in [4.69, 9.17) is 0 Å². The van der Waals surface area contributed by atoms with Crippen molar-refractivity contribution in [3.05, 3.63) is 65.5 Å². The Morgan fingerprint density at radius 2 is 1.67 bits per heavy atom. The van der Waals surface area contributed by atoms with E-state index in [0.29, 0.717) is 23.1 Å². The lowest BCUT2D eigenvalue weighted by molar-refractivity contribution is 0.584. The van der Waals surface area contributed by atoms with E-state index in [0.717, 1.165) is 11.6 Å². The third-order valence-electron chi connectivity index (χ3n) is 3.39. The standard InChI is InChI=1S/C17H12F3N/c1-2-10-6-11-4-3-5-15(20)17(11)21-16(10)12-7-13(18)9-14(19)8-12/h3-9H,2H2,1H3. The zero-order valence-corrected chi connectivity index (χ0v) is 11.3. The van der Waals surface area contributed by atoms with E-state index in [1.807, 2.05) is 13.0 Å². The van der Waals surface area contributed by atoms with E-state index < -0.39 is 17.5 Å². The van der Waals surface area contributed by atoms with Crippen molar-refractivity contribution in [3.63, 3.8) is 0 Å². The van der Waals surface area contributed by atoms with Crippen molar-refractivity contribution in [3.8, 4) is 11.3 Å². The number of hydrogen-bond acceptors (Lipinski definition) is 1. The molecule has 0 aliphatic heterocycles. The van der Waals surface area contributed by atoms with Crippen molar-refractivity contribution in [2.45, 2.75) is 13.3 Å². The second kappa shape index (κ2) is 5.20. The molecule has 0 saturated carbocycles. The van der Waals surface area contributed by atoms with Crippen LogP contribution in [-0.4, -0.2) is 4.98 Å². The summed E-state index contributed by atoms with van der Waals surface area (Å²) in [4.78, 5) is 4.29. The molecule has 3 rings (SSSR count). The molecule has 0 fully saturated rings. The number of para-hydroxylation sites is 1. The Bertz CT molecular complexity index is 807. The first-order valence-electron chi connectivity index (χ1n) is 6.63. The smallest absolute Gasteiger partial charge is 0.149 e. The molecule has 0 N–H and O–H groups in total. The Morgan fingerprint density at radius 1 is 0.952 bits per heavy atom. The van der Waals surface area contributed by atoms with Gasteiger partial charge in [-0.25, -0.2) is 18.2 Å². The van der Waals surface area contributed by atoms with Gasteiger partial charge in [-0.1, -0.05) is 19.1 Å². The van der Waals surface area contributed by atoms with Crippen molar-refractivity contribution >= 4 is 10.9 Å². The van der Waals surface area contributed by atoms with Gasteiger partial charge in [0, 0.05) is 17.0 Å². The molecule has 21 heavy (non-hydrogen) atoms. The third kappa shape index (κ3) is 2.49. The van der Waals surface area contributed by atoms with Crippen LogP contribution in [-0.2, 0) is 6.42 Å². The maximum absolute atomic E-state index is 13.9. The molecule has 0 unspecified atom stereocenters. The molecule has 0 atom stereocenters. The molecule has 2 aromatic carbocycles. The van der Waals surface area contributed by atoms with Gasteiger partial charge in [0.15, 0.2) is 0 Å². The van der Waals surface area contributed by atoms with Crippen molar-refractivity contribution in [1.82, 2.24) is 4.98 Å². The lowest BCUT2D eigenvalue weighted by Gasteiger charge is -2.10. The summed E-state index contributed by atoms with van der Waals surface area (Å²) >= 11 is 0. The van der Waals surface area contributed by atoms with Gasteiger partial charge in [-0.2, -0.15) is 0 Å². The Labute approximate surface area is 120 Å². The number of fused-ring (bicyclic) bond motifs is 1. The highest BCUT2D eigenvalue weighted by Crippen LogP contribution is 2.28. The first kappa shape index (κ1) is 13.6. The summed E-state index contributed by atoms with van der Waals surface area (Å²) in [6.45, 7) is 1.92. The molecule has 0 amide bonds. The van der Waals surface area contributed by atoms with Gasteiger partial charge in [-0.05, 0) is 36.2 Å². The van der Waals surface area contributed by atoms with Crippen LogP contribution >= 0.6 is 0 Å². The molecule has 0 saturated heterocycles. The van der Waals surface area contributed by atoms with Crippen LogP contribution in [0.25, 0.3) is 22.2 Å². The van der Waals surface area contributed by atoms with E-state index >= 15 is 0 Å². The normalized spacial score (nSPS) is 11.0. The minimum atomic E-state index is -0.678. The van der Waals surface area contributed by atoms with Crippen molar-refractivity contribution in [2.24, 2.45) is 0 Å². The summed E-state index contributed by atoms with van der Waals surface area (Å²) in [5, 5.41) is 0.674. The first-order chi connectivity index (χ1) is 10.1. The van der Waals surface area contributed by atoms with Crippen molar-refractivity contribution in [1.29, 1.82) is 0 Å². The van der Waals surface area contributed by atoms with Gasteiger partial charge in [-0.15, -0.1) is 0 Å². The molecule has 0 radical (unpaired) electrons. The van der Waals surface area contributed by atoms with Gasteiger partial charge in [0.2, 0.25) is 0 Å².